The van der Waals surface area contributed by atoms with Gasteiger partial charge in [-0.1, -0.05) is 44.2 Å². The van der Waals surface area contributed by atoms with Crippen molar-refractivity contribution in [2.24, 2.45) is 11.8 Å². The predicted molar refractivity (Wildman–Crippen MR) is 151 cm³/mol. The summed E-state index contributed by atoms with van der Waals surface area (Å²) in [4.78, 5) is 44.6. The average Bonchev–Trinajstić information content (AvgIpc) is 3.41. The van der Waals surface area contributed by atoms with Gasteiger partial charge in [-0.15, -0.1) is 10.2 Å². The molecule has 1 N–H and O–H groups in total. The van der Waals surface area contributed by atoms with E-state index in [0.717, 1.165) is 18.4 Å². The van der Waals surface area contributed by atoms with Crippen LogP contribution in [0.3, 0.4) is 0 Å². The van der Waals surface area contributed by atoms with Gasteiger partial charge in [-0.05, 0) is 25.2 Å². The maximum Gasteiger partial charge on any atom is 0.407 e. The highest BCUT2D eigenvalue weighted by molar-refractivity contribution is 5.92. The Hall–Kier alpha value is -3.51. The van der Waals surface area contributed by atoms with Crippen molar-refractivity contribution in [2.45, 2.75) is 45.7 Å². The van der Waals surface area contributed by atoms with E-state index in [1.807, 2.05) is 48.7 Å². The maximum atomic E-state index is 14.3. The van der Waals surface area contributed by atoms with Crippen molar-refractivity contribution in [3.63, 3.8) is 0 Å². The summed E-state index contributed by atoms with van der Waals surface area (Å²) in [5, 5.41) is 18.7. The van der Waals surface area contributed by atoms with Gasteiger partial charge in [-0.2, -0.15) is 0 Å². The topological polar surface area (TPSA) is 130 Å². The Morgan fingerprint density at radius 2 is 1.80 bits per heavy atom. The molecule has 2 fully saturated rings. The molecule has 2 aromatic rings. The van der Waals surface area contributed by atoms with Crippen molar-refractivity contribution in [3.05, 3.63) is 36.2 Å². The number of amides is 3. The van der Waals surface area contributed by atoms with Gasteiger partial charge in [-0.3, -0.25) is 9.59 Å². The Balaban J connectivity index is 1.65. The summed E-state index contributed by atoms with van der Waals surface area (Å²) in [7, 11) is 1.66. The van der Waals surface area contributed by atoms with Gasteiger partial charge in [0.05, 0.1) is 25.2 Å². The van der Waals surface area contributed by atoms with Crippen LogP contribution in [0.2, 0.25) is 0 Å². The molecule has 0 spiro atoms. The molecular formula is C29H42N6O6. The van der Waals surface area contributed by atoms with Crippen LogP contribution in [0.1, 0.15) is 43.7 Å². The van der Waals surface area contributed by atoms with Crippen LogP contribution in [-0.2, 0) is 20.8 Å². The molecule has 12 nitrogen and oxygen atoms in total. The highest BCUT2D eigenvalue weighted by Crippen LogP contribution is 2.27. The first kappa shape index (κ1) is 30.4. The monoisotopic (exact) mass is 570 g/mol. The van der Waals surface area contributed by atoms with E-state index in [1.165, 1.54) is 4.90 Å². The normalized spacial score (nSPS) is 19.4. The number of benzene rings is 1. The lowest BCUT2D eigenvalue weighted by molar-refractivity contribution is -0.142. The molecule has 0 aliphatic carbocycles. The molecule has 3 amide bonds. The molecule has 4 rings (SSSR count). The van der Waals surface area contributed by atoms with E-state index < -0.39 is 18.1 Å². The molecule has 0 saturated carbocycles. The Morgan fingerprint density at radius 3 is 2.46 bits per heavy atom. The zero-order chi connectivity index (χ0) is 29.4. The van der Waals surface area contributed by atoms with Gasteiger partial charge in [0.15, 0.2) is 5.82 Å². The van der Waals surface area contributed by atoms with Gasteiger partial charge in [-0.25, -0.2) is 4.79 Å². The minimum absolute atomic E-state index is 0.0890. The van der Waals surface area contributed by atoms with Crippen molar-refractivity contribution >= 4 is 17.9 Å². The molecule has 0 bridgehead atoms. The zero-order valence-electron chi connectivity index (χ0n) is 24.3. The van der Waals surface area contributed by atoms with Crippen molar-refractivity contribution in [2.75, 3.05) is 59.7 Å². The molecule has 2 aliphatic heterocycles. The van der Waals surface area contributed by atoms with E-state index >= 15 is 0 Å². The predicted octanol–water partition coefficient (Wildman–Crippen LogP) is 2.70. The molecule has 2 atom stereocenters. The Bertz CT molecular complexity index is 1170. The Morgan fingerprint density at radius 1 is 1.07 bits per heavy atom. The summed E-state index contributed by atoms with van der Waals surface area (Å²) in [6.45, 7) is 7.70. The van der Waals surface area contributed by atoms with Crippen LogP contribution < -0.4 is 0 Å². The molecule has 1 aromatic heterocycles. The molecule has 2 saturated heterocycles. The van der Waals surface area contributed by atoms with Crippen LogP contribution in [0.4, 0.5) is 4.79 Å². The second-order valence-electron chi connectivity index (χ2n) is 11.1. The average molecular weight is 571 g/mol. The van der Waals surface area contributed by atoms with Gasteiger partial charge in [0.1, 0.15) is 0 Å². The van der Waals surface area contributed by atoms with Crippen molar-refractivity contribution in [1.82, 2.24) is 29.5 Å². The number of nitrogens with zero attached hydrogens (tertiary/aromatic N) is 6. The van der Waals surface area contributed by atoms with Crippen LogP contribution in [-0.4, -0.2) is 118 Å². The summed E-state index contributed by atoms with van der Waals surface area (Å²) >= 11 is 0. The Kier molecular flexibility index (Phi) is 10.7. The van der Waals surface area contributed by atoms with Crippen LogP contribution in [0.15, 0.2) is 30.3 Å². The van der Waals surface area contributed by atoms with Gasteiger partial charge < -0.3 is 33.8 Å². The fourth-order valence-corrected chi connectivity index (χ4v) is 5.59. The van der Waals surface area contributed by atoms with Crippen molar-refractivity contribution < 1.29 is 29.0 Å². The lowest BCUT2D eigenvalue weighted by Crippen LogP contribution is -2.58. The molecule has 12 heteroatoms. The minimum Gasteiger partial charge on any atom is -0.465 e. The fraction of sp³-hybridized carbons (Fsp3) is 0.621. The number of carbonyl (C=O) groups excluding carboxylic acids is 2. The third-order valence-electron chi connectivity index (χ3n) is 7.59. The zero-order valence-corrected chi connectivity index (χ0v) is 24.3. The van der Waals surface area contributed by atoms with Gasteiger partial charge in [0, 0.05) is 58.5 Å². The second kappa shape index (κ2) is 14.4. The maximum absolute atomic E-state index is 14.3. The number of aromatic nitrogens is 3. The fourth-order valence-electron chi connectivity index (χ4n) is 5.59. The molecule has 0 radical (unpaired) electrons. The minimum atomic E-state index is -1.10. The second-order valence-corrected chi connectivity index (χ2v) is 11.1. The van der Waals surface area contributed by atoms with Crippen LogP contribution in [0.25, 0.3) is 11.4 Å². The molecule has 2 aliphatic rings. The molecule has 224 valence electrons. The quantitative estimate of drug-likeness (QED) is 0.408. The highest BCUT2D eigenvalue weighted by Gasteiger charge is 2.41. The summed E-state index contributed by atoms with van der Waals surface area (Å²) in [5.41, 5.74) is 0.854. The first-order valence-corrected chi connectivity index (χ1v) is 14.4. The van der Waals surface area contributed by atoms with E-state index in [2.05, 4.69) is 10.2 Å². The number of carbonyl (C=O) groups is 3. The van der Waals surface area contributed by atoms with E-state index in [9.17, 15) is 19.5 Å². The number of hydrogen-bond acceptors (Lipinski definition) is 7. The third kappa shape index (κ3) is 7.62. The lowest BCUT2D eigenvalue weighted by Gasteiger charge is -2.43. The largest absolute Gasteiger partial charge is 0.465 e. The number of methoxy groups -OCH3 is 1. The van der Waals surface area contributed by atoms with Crippen molar-refractivity contribution in [3.8, 4) is 11.4 Å². The first-order valence-electron chi connectivity index (χ1n) is 14.4. The van der Waals surface area contributed by atoms with Crippen LogP contribution >= 0.6 is 0 Å². The molecule has 41 heavy (non-hydrogen) atoms. The number of carboxylic acid groups (broad SMARTS) is 1. The lowest BCUT2D eigenvalue weighted by atomic mass is 9.91. The van der Waals surface area contributed by atoms with Crippen LogP contribution in [0.5, 0.6) is 0 Å². The Labute approximate surface area is 241 Å². The van der Waals surface area contributed by atoms with Gasteiger partial charge in [0.25, 0.3) is 5.91 Å². The van der Waals surface area contributed by atoms with Crippen molar-refractivity contribution in [1.29, 1.82) is 0 Å². The summed E-state index contributed by atoms with van der Waals surface area (Å²) in [5.74, 6) is -0.0160. The molecular weight excluding hydrogens is 528 g/mol. The summed E-state index contributed by atoms with van der Waals surface area (Å²) in [6, 6.07) is 9.14. The first-order chi connectivity index (χ1) is 19.8. The molecule has 1 aromatic carbocycles. The number of rotatable bonds is 11. The number of piperidine rings is 1. The number of ether oxygens (including phenoxy) is 2. The third-order valence-corrected chi connectivity index (χ3v) is 7.59. The number of hydrogen-bond donors (Lipinski definition) is 1. The highest BCUT2D eigenvalue weighted by atomic mass is 16.5. The van der Waals surface area contributed by atoms with Gasteiger partial charge in [0.2, 0.25) is 11.7 Å². The van der Waals surface area contributed by atoms with E-state index in [1.54, 1.807) is 16.9 Å². The molecule has 3 heterocycles. The molecule has 0 unspecified atom stereocenters. The SMILES string of the molecule is COCCCCn1c(C(=O)N(CC(C)C)[C@H]2C[C@@H](C(=O)N3CCOCC3)CN(C(=O)O)C2)nnc1-c1ccccc1. The summed E-state index contributed by atoms with van der Waals surface area (Å²) < 4.78 is 12.5. The summed E-state index contributed by atoms with van der Waals surface area (Å²) in [6.07, 6.45) is 0.863. The van der Waals surface area contributed by atoms with Crippen LogP contribution in [0, 0.1) is 11.8 Å². The number of likely N-dealkylation sites (tertiary alicyclic amines) is 1. The smallest absolute Gasteiger partial charge is 0.407 e. The van der Waals surface area contributed by atoms with E-state index in [4.69, 9.17) is 9.47 Å². The van der Waals surface area contributed by atoms with Gasteiger partial charge >= 0.3 is 6.09 Å². The van der Waals surface area contributed by atoms with E-state index in [0.29, 0.717) is 58.2 Å². The number of unbranched alkanes of at least 4 members (excludes halogenated alkanes) is 1. The van der Waals surface area contributed by atoms with E-state index in [-0.39, 0.29) is 36.6 Å². The number of morpholine rings is 1. The standard InChI is InChI=1S/C29H42N6O6/c1-21(2)18-35(24-17-23(19-33(20-24)29(38)39)27(36)32-12-15-41-16-13-32)28(37)26-31-30-25(22-9-5-4-6-10-22)34(26)11-7-8-14-40-3/h4-6,9-10,21,23-24H,7-8,11-20H2,1-3H3,(H,38,39)/t23-,24+/m1/s1.